The van der Waals surface area contributed by atoms with Crippen molar-refractivity contribution < 1.29 is 0 Å². The average molecular weight is 234 g/mol. The molecule has 0 fully saturated rings. The summed E-state index contributed by atoms with van der Waals surface area (Å²) in [5, 5.41) is 0. The number of benzene rings is 1. The molecule has 0 aliphatic rings. The summed E-state index contributed by atoms with van der Waals surface area (Å²) in [7, 11) is 0. The second-order valence-corrected chi connectivity index (χ2v) is 3.97. The Hall–Kier alpha value is -1.55. The van der Waals surface area contributed by atoms with E-state index in [1.165, 1.54) is 11.1 Å². The molecule has 0 heterocycles. The van der Waals surface area contributed by atoms with Gasteiger partial charge in [-0.15, -0.1) is 0 Å². The Morgan fingerprint density at radius 2 is 1.71 bits per heavy atom. The number of nitrogens with two attached hydrogens (primary N) is 2. The van der Waals surface area contributed by atoms with Gasteiger partial charge in [0.1, 0.15) is 0 Å². The molecule has 0 spiro atoms. The first kappa shape index (κ1) is 13.5. The van der Waals surface area contributed by atoms with Crippen molar-refractivity contribution in [2.75, 3.05) is 13.1 Å². The first-order valence-corrected chi connectivity index (χ1v) is 6.01. The van der Waals surface area contributed by atoms with Gasteiger partial charge in [0.05, 0.1) is 6.54 Å². The predicted octanol–water partition coefficient (Wildman–Crippen LogP) is 1.30. The summed E-state index contributed by atoms with van der Waals surface area (Å²) in [6, 6.07) is 8.28. The van der Waals surface area contributed by atoms with Crippen molar-refractivity contribution in [1.29, 1.82) is 0 Å². The minimum Gasteiger partial charge on any atom is -0.370 e. The minimum absolute atomic E-state index is 0.141. The van der Waals surface area contributed by atoms with Crippen molar-refractivity contribution in [3.63, 3.8) is 0 Å². The lowest BCUT2D eigenvalue weighted by Crippen LogP contribution is -2.24. The molecule has 1 aromatic rings. The smallest absolute Gasteiger partial charge is 0.186 e. The number of rotatable bonds is 6. The zero-order valence-electron chi connectivity index (χ0n) is 10.7. The van der Waals surface area contributed by atoms with Crippen molar-refractivity contribution in [2.24, 2.45) is 16.5 Å². The van der Waals surface area contributed by atoms with Gasteiger partial charge in [-0.05, 0) is 24.2 Å². The fourth-order valence-electron chi connectivity index (χ4n) is 1.73. The van der Waals surface area contributed by atoms with Crippen LogP contribution in [0, 0.1) is 0 Å². The van der Waals surface area contributed by atoms with Crippen LogP contribution in [0.25, 0.3) is 0 Å². The van der Waals surface area contributed by atoms with Crippen LogP contribution in [0.1, 0.15) is 25.0 Å². The lowest BCUT2D eigenvalue weighted by atomic mass is 10.1. The summed E-state index contributed by atoms with van der Waals surface area (Å²) in [6.45, 7) is 7.94. The molecule has 0 aliphatic carbocycles. The SMILES string of the molecule is CCN(CC)Cc1ccccc1CN=C(N)N. The molecule has 0 radical (unpaired) electrons. The highest BCUT2D eigenvalue weighted by atomic mass is 15.1. The van der Waals surface area contributed by atoms with E-state index in [1.54, 1.807) is 0 Å². The number of hydrogen-bond acceptors (Lipinski definition) is 2. The van der Waals surface area contributed by atoms with E-state index in [1.807, 2.05) is 6.07 Å². The van der Waals surface area contributed by atoms with E-state index in [0.717, 1.165) is 19.6 Å². The molecule has 0 amide bonds. The zero-order valence-corrected chi connectivity index (χ0v) is 10.7. The van der Waals surface area contributed by atoms with Crippen LogP contribution in [-0.2, 0) is 13.1 Å². The van der Waals surface area contributed by atoms with E-state index >= 15 is 0 Å². The Bertz CT molecular complexity index is 365. The first-order chi connectivity index (χ1) is 8.17. The Labute approximate surface area is 103 Å². The first-order valence-electron chi connectivity index (χ1n) is 6.01. The molecule has 4 heteroatoms. The lowest BCUT2D eigenvalue weighted by Gasteiger charge is -2.19. The Morgan fingerprint density at radius 3 is 2.24 bits per heavy atom. The van der Waals surface area contributed by atoms with Crippen LogP contribution in [-0.4, -0.2) is 23.9 Å². The second kappa shape index (κ2) is 6.91. The van der Waals surface area contributed by atoms with Gasteiger partial charge in [0, 0.05) is 6.54 Å². The van der Waals surface area contributed by atoms with E-state index in [0.29, 0.717) is 6.54 Å². The summed E-state index contributed by atoms with van der Waals surface area (Å²) < 4.78 is 0. The van der Waals surface area contributed by atoms with Crippen LogP contribution in [0.4, 0.5) is 0 Å². The van der Waals surface area contributed by atoms with Crippen LogP contribution >= 0.6 is 0 Å². The molecule has 4 nitrogen and oxygen atoms in total. The maximum atomic E-state index is 5.36. The molecule has 0 aliphatic heterocycles. The van der Waals surface area contributed by atoms with Gasteiger partial charge in [0.25, 0.3) is 0 Å². The summed E-state index contributed by atoms with van der Waals surface area (Å²) in [6.07, 6.45) is 0. The highest BCUT2D eigenvalue weighted by Crippen LogP contribution is 2.12. The molecule has 0 bridgehead atoms. The molecule has 0 atom stereocenters. The predicted molar refractivity (Wildman–Crippen MR) is 72.6 cm³/mol. The third kappa shape index (κ3) is 4.44. The molecule has 1 rings (SSSR count). The topological polar surface area (TPSA) is 67.6 Å². The lowest BCUT2D eigenvalue weighted by molar-refractivity contribution is 0.295. The van der Waals surface area contributed by atoms with Gasteiger partial charge in [-0.25, -0.2) is 4.99 Å². The molecule has 4 N–H and O–H groups in total. The van der Waals surface area contributed by atoms with Crippen LogP contribution in [0.3, 0.4) is 0 Å². The van der Waals surface area contributed by atoms with Gasteiger partial charge in [-0.2, -0.15) is 0 Å². The van der Waals surface area contributed by atoms with E-state index in [-0.39, 0.29) is 5.96 Å². The van der Waals surface area contributed by atoms with Gasteiger partial charge >= 0.3 is 0 Å². The molecule has 1 aromatic carbocycles. The van der Waals surface area contributed by atoms with Gasteiger partial charge in [-0.3, -0.25) is 4.90 Å². The normalized spacial score (nSPS) is 10.5. The average Bonchev–Trinajstić information content (AvgIpc) is 2.34. The Kier molecular flexibility index (Phi) is 5.49. The molecular weight excluding hydrogens is 212 g/mol. The third-order valence-corrected chi connectivity index (χ3v) is 2.84. The standard InChI is InChI=1S/C13H22N4/c1-3-17(4-2)10-12-8-6-5-7-11(12)9-16-13(14)15/h5-8H,3-4,9-10H2,1-2H3,(H4,14,15,16). The molecule has 0 unspecified atom stereocenters. The highest BCUT2D eigenvalue weighted by Gasteiger charge is 2.05. The summed E-state index contributed by atoms with van der Waals surface area (Å²) in [5.74, 6) is 0.141. The maximum Gasteiger partial charge on any atom is 0.186 e. The minimum atomic E-state index is 0.141. The Balaban J connectivity index is 2.80. The molecule has 0 saturated carbocycles. The van der Waals surface area contributed by atoms with Gasteiger partial charge < -0.3 is 11.5 Å². The van der Waals surface area contributed by atoms with Gasteiger partial charge in [-0.1, -0.05) is 38.1 Å². The zero-order chi connectivity index (χ0) is 12.7. The van der Waals surface area contributed by atoms with Crippen molar-refractivity contribution >= 4 is 5.96 Å². The second-order valence-electron chi connectivity index (χ2n) is 3.97. The number of guanidine groups is 1. The van der Waals surface area contributed by atoms with Crippen molar-refractivity contribution in [3.8, 4) is 0 Å². The largest absolute Gasteiger partial charge is 0.370 e. The van der Waals surface area contributed by atoms with Crippen LogP contribution in [0.15, 0.2) is 29.3 Å². The van der Waals surface area contributed by atoms with E-state index in [2.05, 4.69) is 41.9 Å². The van der Waals surface area contributed by atoms with E-state index in [9.17, 15) is 0 Å². The van der Waals surface area contributed by atoms with Crippen molar-refractivity contribution in [1.82, 2.24) is 4.90 Å². The molecule has 0 saturated heterocycles. The van der Waals surface area contributed by atoms with Gasteiger partial charge in [0.2, 0.25) is 0 Å². The number of nitrogens with zero attached hydrogens (tertiary/aromatic N) is 2. The number of aliphatic imine (C=N–C) groups is 1. The van der Waals surface area contributed by atoms with Crippen molar-refractivity contribution in [3.05, 3.63) is 35.4 Å². The quantitative estimate of drug-likeness (QED) is 0.576. The molecule has 94 valence electrons. The fraction of sp³-hybridized carbons (Fsp3) is 0.462. The monoisotopic (exact) mass is 234 g/mol. The summed E-state index contributed by atoms with van der Waals surface area (Å²) >= 11 is 0. The molecule has 17 heavy (non-hydrogen) atoms. The van der Waals surface area contributed by atoms with Crippen LogP contribution in [0.2, 0.25) is 0 Å². The van der Waals surface area contributed by atoms with Crippen LogP contribution in [0.5, 0.6) is 0 Å². The Morgan fingerprint density at radius 1 is 1.12 bits per heavy atom. The number of hydrogen-bond donors (Lipinski definition) is 2. The van der Waals surface area contributed by atoms with Gasteiger partial charge in [0.15, 0.2) is 5.96 Å². The summed E-state index contributed by atoms with van der Waals surface area (Å²) in [4.78, 5) is 6.44. The molecular formula is C13H22N4. The van der Waals surface area contributed by atoms with Crippen LogP contribution < -0.4 is 11.5 Å². The van der Waals surface area contributed by atoms with Crippen molar-refractivity contribution in [2.45, 2.75) is 26.9 Å². The van der Waals surface area contributed by atoms with E-state index < -0.39 is 0 Å². The van der Waals surface area contributed by atoms with E-state index in [4.69, 9.17) is 11.5 Å². The highest BCUT2D eigenvalue weighted by molar-refractivity contribution is 5.75. The fourth-order valence-corrected chi connectivity index (χ4v) is 1.73. The summed E-state index contributed by atoms with van der Waals surface area (Å²) in [5.41, 5.74) is 13.2. The maximum absolute atomic E-state index is 5.36. The molecule has 0 aromatic heterocycles. The third-order valence-electron chi connectivity index (χ3n) is 2.84.